The number of ketones is 1. The first-order valence-electron chi connectivity index (χ1n) is 6.36. The van der Waals surface area contributed by atoms with Crippen LogP contribution >= 0.6 is 7.82 Å². The zero-order valence-electron chi connectivity index (χ0n) is 11.2. The monoisotopic (exact) mass is 304 g/mol. The van der Waals surface area contributed by atoms with E-state index in [0.29, 0.717) is 12.0 Å². The molecule has 21 heavy (non-hydrogen) atoms. The molecule has 2 aromatic carbocycles. The lowest BCUT2D eigenvalue weighted by Gasteiger charge is -2.08. The van der Waals surface area contributed by atoms with Crippen LogP contribution in [0.5, 0.6) is 5.75 Å². The van der Waals surface area contributed by atoms with Crippen molar-refractivity contribution in [1.82, 2.24) is 0 Å². The second kappa shape index (κ2) is 4.81. The first-order valence-corrected chi connectivity index (χ1v) is 7.89. The molecular formula is C15H13O5P. The van der Waals surface area contributed by atoms with Crippen LogP contribution in [0.1, 0.15) is 28.4 Å². The van der Waals surface area contributed by atoms with Gasteiger partial charge in [-0.3, -0.25) is 14.6 Å². The highest BCUT2D eigenvalue weighted by Crippen LogP contribution is 2.42. The molecule has 2 aromatic rings. The molecular weight excluding hydrogens is 291 g/mol. The summed E-state index contributed by atoms with van der Waals surface area (Å²) in [4.78, 5) is 29.1. The van der Waals surface area contributed by atoms with Gasteiger partial charge in [0.1, 0.15) is 5.75 Å². The number of phosphoric acid groups is 1. The SMILES string of the molecule is CC(=O)c1ccc2c(c1)-c1ccc(OP(=O)(O)O)cc1C2. The normalized spacial score (nSPS) is 12.7. The van der Waals surface area contributed by atoms with Gasteiger partial charge in [-0.1, -0.05) is 18.2 Å². The Bertz CT molecular complexity index is 791. The first kappa shape index (κ1) is 14.0. The molecule has 0 heterocycles. The lowest BCUT2D eigenvalue weighted by Crippen LogP contribution is -1.92. The van der Waals surface area contributed by atoms with E-state index < -0.39 is 7.82 Å². The number of rotatable bonds is 3. The number of hydrogen-bond acceptors (Lipinski definition) is 3. The minimum Gasteiger partial charge on any atom is -0.404 e. The van der Waals surface area contributed by atoms with E-state index >= 15 is 0 Å². The smallest absolute Gasteiger partial charge is 0.404 e. The van der Waals surface area contributed by atoms with Crippen LogP contribution in [0.2, 0.25) is 0 Å². The maximum Gasteiger partial charge on any atom is 0.524 e. The summed E-state index contributed by atoms with van der Waals surface area (Å²) in [5.41, 5.74) is 4.61. The molecule has 0 aliphatic heterocycles. The van der Waals surface area contributed by atoms with Crippen molar-refractivity contribution in [2.75, 3.05) is 0 Å². The minimum absolute atomic E-state index is 0.00713. The van der Waals surface area contributed by atoms with Crippen molar-refractivity contribution >= 4 is 13.6 Å². The van der Waals surface area contributed by atoms with Gasteiger partial charge in [0.05, 0.1) is 0 Å². The zero-order chi connectivity index (χ0) is 15.2. The van der Waals surface area contributed by atoms with Crippen LogP contribution in [-0.2, 0) is 11.0 Å². The van der Waals surface area contributed by atoms with E-state index in [-0.39, 0.29) is 11.5 Å². The average molecular weight is 304 g/mol. The third-order valence-corrected chi connectivity index (χ3v) is 3.94. The van der Waals surface area contributed by atoms with E-state index in [0.717, 1.165) is 22.3 Å². The summed E-state index contributed by atoms with van der Waals surface area (Å²) < 4.78 is 15.5. The number of carbonyl (C=O) groups excluding carboxylic acids is 1. The molecule has 0 radical (unpaired) electrons. The minimum atomic E-state index is -4.55. The maximum absolute atomic E-state index is 11.5. The van der Waals surface area contributed by atoms with Crippen LogP contribution in [0.4, 0.5) is 0 Å². The van der Waals surface area contributed by atoms with Gasteiger partial charge < -0.3 is 4.52 Å². The number of hydrogen-bond donors (Lipinski definition) is 2. The van der Waals surface area contributed by atoms with E-state index in [1.807, 2.05) is 12.1 Å². The molecule has 0 fully saturated rings. The van der Waals surface area contributed by atoms with Gasteiger partial charge in [-0.05, 0) is 53.8 Å². The molecule has 0 bridgehead atoms. The van der Waals surface area contributed by atoms with E-state index in [1.54, 1.807) is 18.2 Å². The average Bonchev–Trinajstić information content (AvgIpc) is 2.73. The van der Waals surface area contributed by atoms with Gasteiger partial charge in [0.2, 0.25) is 0 Å². The fourth-order valence-electron chi connectivity index (χ4n) is 2.58. The molecule has 3 rings (SSSR count). The highest BCUT2D eigenvalue weighted by atomic mass is 31.2. The molecule has 0 spiro atoms. The topological polar surface area (TPSA) is 83.8 Å². The molecule has 108 valence electrons. The van der Waals surface area contributed by atoms with Crippen LogP contribution < -0.4 is 4.52 Å². The van der Waals surface area contributed by atoms with Crippen LogP contribution in [-0.4, -0.2) is 15.6 Å². The summed E-state index contributed by atoms with van der Waals surface area (Å²) in [7, 11) is -4.55. The number of benzene rings is 2. The fourth-order valence-corrected chi connectivity index (χ4v) is 2.97. The van der Waals surface area contributed by atoms with Gasteiger partial charge >= 0.3 is 7.82 Å². The van der Waals surface area contributed by atoms with Gasteiger partial charge in [0.15, 0.2) is 5.78 Å². The summed E-state index contributed by atoms with van der Waals surface area (Å²) in [6.07, 6.45) is 0.654. The predicted octanol–water partition coefficient (Wildman–Crippen LogP) is 2.93. The summed E-state index contributed by atoms with van der Waals surface area (Å²) in [6.45, 7) is 1.52. The van der Waals surface area contributed by atoms with Crippen molar-refractivity contribution in [2.24, 2.45) is 0 Å². The summed E-state index contributed by atoms with van der Waals surface area (Å²) in [5, 5.41) is 0. The Morgan fingerprint density at radius 3 is 2.52 bits per heavy atom. The summed E-state index contributed by atoms with van der Waals surface area (Å²) >= 11 is 0. The zero-order valence-corrected chi connectivity index (χ0v) is 12.1. The van der Waals surface area contributed by atoms with Crippen molar-refractivity contribution in [3.63, 3.8) is 0 Å². The highest BCUT2D eigenvalue weighted by molar-refractivity contribution is 7.46. The van der Waals surface area contributed by atoms with Crippen LogP contribution in [0.25, 0.3) is 11.1 Å². The van der Waals surface area contributed by atoms with E-state index in [2.05, 4.69) is 4.52 Å². The van der Waals surface area contributed by atoms with Crippen molar-refractivity contribution in [3.8, 4) is 16.9 Å². The Balaban J connectivity index is 2.02. The molecule has 1 aliphatic carbocycles. The van der Waals surface area contributed by atoms with Gasteiger partial charge in [-0.25, -0.2) is 4.57 Å². The Morgan fingerprint density at radius 2 is 1.86 bits per heavy atom. The molecule has 2 N–H and O–H groups in total. The third kappa shape index (κ3) is 2.76. The Kier molecular flexibility index (Phi) is 3.21. The van der Waals surface area contributed by atoms with E-state index in [9.17, 15) is 9.36 Å². The highest BCUT2D eigenvalue weighted by Gasteiger charge is 2.22. The second-order valence-corrected chi connectivity index (χ2v) is 6.17. The quantitative estimate of drug-likeness (QED) is 0.574. The number of carbonyl (C=O) groups is 1. The molecule has 0 saturated carbocycles. The molecule has 0 aromatic heterocycles. The predicted molar refractivity (Wildman–Crippen MR) is 77.4 cm³/mol. The second-order valence-electron chi connectivity index (χ2n) is 5.01. The van der Waals surface area contributed by atoms with Crippen molar-refractivity contribution in [1.29, 1.82) is 0 Å². The van der Waals surface area contributed by atoms with Crippen LogP contribution in [0, 0.1) is 0 Å². The fraction of sp³-hybridized carbons (Fsp3) is 0.133. The van der Waals surface area contributed by atoms with E-state index in [1.165, 1.54) is 13.0 Å². The molecule has 0 atom stereocenters. The number of phosphoric ester groups is 1. The number of Topliss-reactive ketones (excluding diaryl/α,β-unsaturated/α-hetero) is 1. The summed E-state index contributed by atoms with van der Waals surface area (Å²) in [5.74, 6) is 0.148. The van der Waals surface area contributed by atoms with E-state index in [4.69, 9.17) is 9.79 Å². The third-order valence-electron chi connectivity index (χ3n) is 3.49. The van der Waals surface area contributed by atoms with Gasteiger partial charge in [-0.2, -0.15) is 0 Å². The van der Waals surface area contributed by atoms with Crippen molar-refractivity contribution in [2.45, 2.75) is 13.3 Å². The lowest BCUT2D eigenvalue weighted by atomic mass is 10.0. The molecule has 0 saturated heterocycles. The molecule has 6 heteroatoms. The molecule has 5 nitrogen and oxygen atoms in total. The Morgan fingerprint density at radius 1 is 1.10 bits per heavy atom. The Hall–Kier alpha value is -1.94. The van der Waals surface area contributed by atoms with Gasteiger partial charge in [-0.15, -0.1) is 0 Å². The van der Waals surface area contributed by atoms with Crippen molar-refractivity contribution in [3.05, 3.63) is 53.1 Å². The maximum atomic E-state index is 11.5. The van der Waals surface area contributed by atoms with Crippen molar-refractivity contribution < 1.29 is 23.7 Å². The number of fused-ring (bicyclic) bond motifs is 3. The molecule has 0 unspecified atom stereocenters. The van der Waals surface area contributed by atoms with Crippen LogP contribution in [0.15, 0.2) is 36.4 Å². The molecule has 0 amide bonds. The largest absolute Gasteiger partial charge is 0.524 e. The Labute approximate surface area is 121 Å². The van der Waals surface area contributed by atoms with Gasteiger partial charge in [0, 0.05) is 5.56 Å². The lowest BCUT2D eigenvalue weighted by molar-refractivity contribution is 0.101. The van der Waals surface area contributed by atoms with Crippen LogP contribution in [0.3, 0.4) is 0 Å². The first-order chi connectivity index (χ1) is 9.83. The summed E-state index contributed by atoms with van der Waals surface area (Å²) in [6, 6.07) is 10.5. The standard InChI is InChI=1S/C15H13O5P/c1-9(16)10-2-3-11-6-12-7-13(20-21(17,18)19)4-5-14(12)15(11)8-10/h2-5,7-8H,6H2,1H3,(H2,17,18,19). The molecule has 1 aliphatic rings. The van der Waals surface area contributed by atoms with Gasteiger partial charge in [0.25, 0.3) is 0 Å².